The van der Waals surface area contributed by atoms with Crippen LogP contribution in [0.2, 0.25) is 0 Å². The molecule has 1 atom stereocenters. The second kappa shape index (κ2) is 6.05. The Kier molecular flexibility index (Phi) is 4.52. The maximum atomic E-state index is 12.5. The summed E-state index contributed by atoms with van der Waals surface area (Å²) in [6, 6.07) is 7.90. The first-order chi connectivity index (χ1) is 10.3. The lowest BCUT2D eigenvalue weighted by atomic mass is 9.92. The molecular weight excluding hydrogens is 306 g/mol. The number of unbranched alkanes of at least 4 members (excludes halogenated alkanes) is 1. The summed E-state index contributed by atoms with van der Waals surface area (Å²) >= 11 is 0. The zero-order valence-electron chi connectivity index (χ0n) is 12.5. The monoisotopic (exact) mass is 325 g/mol. The first-order valence-electron chi connectivity index (χ1n) is 7.02. The van der Waals surface area contributed by atoms with Crippen LogP contribution >= 0.6 is 0 Å². The number of hydrogen-bond acceptors (Lipinski definition) is 4. The van der Waals surface area contributed by atoms with E-state index in [1.165, 1.54) is 0 Å². The van der Waals surface area contributed by atoms with Crippen LogP contribution in [0.3, 0.4) is 0 Å². The number of imide groups is 1. The molecule has 1 aromatic carbocycles. The first-order valence-corrected chi connectivity index (χ1v) is 8.68. The van der Waals surface area contributed by atoms with E-state index in [1.54, 1.807) is 37.3 Å². The Bertz CT molecular complexity index is 675. The number of carbonyl (C=O) groups excluding carboxylic acids is 2. The molecule has 2 N–H and O–H groups in total. The van der Waals surface area contributed by atoms with Crippen LogP contribution in [0.25, 0.3) is 0 Å². The molecule has 7 nitrogen and oxygen atoms in total. The Morgan fingerprint density at radius 1 is 1.23 bits per heavy atom. The molecule has 0 aromatic heterocycles. The van der Waals surface area contributed by atoms with Crippen LogP contribution in [-0.2, 0) is 20.4 Å². The van der Waals surface area contributed by atoms with Crippen LogP contribution in [-0.4, -0.2) is 31.1 Å². The van der Waals surface area contributed by atoms with Gasteiger partial charge in [0.2, 0.25) is 10.0 Å². The molecule has 1 aliphatic rings. The number of sulfonamides is 1. The number of nitrogens with zero attached hydrogens (tertiary/aromatic N) is 1. The highest BCUT2D eigenvalue weighted by Gasteiger charge is 2.50. The number of hydrogen-bond donors (Lipinski definition) is 2. The van der Waals surface area contributed by atoms with Gasteiger partial charge in [-0.15, -0.1) is 4.83 Å². The van der Waals surface area contributed by atoms with E-state index < -0.39 is 27.5 Å². The summed E-state index contributed by atoms with van der Waals surface area (Å²) in [6.45, 7) is 3.40. The number of urea groups is 1. The third-order valence-corrected chi connectivity index (χ3v) is 4.83. The van der Waals surface area contributed by atoms with Crippen LogP contribution in [0.4, 0.5) is 4.79 Å². The van der Waals surface area contributed by atoms with Crippen LogP contribution in [0.1, 0.15) is 32.3 Å². The van der Waals surface area contributed by atoms with Crippen molar-refractivity contribution in [3.63, 3.8) is 0 Å². The molecule has 8 heteroatoms. The highest BCUT2D eigenvalue weighted by molar-refractivity contribution is 7.89. The maximum absolute atomic E-state index is 12.5. The molecule has 0 radical (unpaired) electrons. The van der Waals surface area contributed by atoms with Gasteiger partial charge in [0, 0.05) is 0 Å². The van der Waals surface area contributed by atoms with Crippen molar-refractivity contribution in [3.05, 3.63) is 35.9 Å². The SMILES string of the molecule is CCCCS(=O)(=O)NN1C(=O)N[C@@](C)(c2ccccc2)C1=O. The second-order valence-electron chi connectivity index (χ2n) is 5.33. The van der Waals surface area contributed by atoms with Crippen LogP contribution in [0, 0.1) is 0 Å². The molecule has 0 bridgehead atoms. The maximum Gasteiger partial charge on any atom is 0.341 e. The van der Waals surface area contributed by atoms with Gasteiger partial charge in [0.25, 0.3) is 5.91 Å². The Morgan fingerprint density at radius 2 is 1.86 bits per heavy atom. The standard InChI is InChI=1S/C14H19N3O4S/c1-3-4-10-22(20,21)16-17-12(18)14(2,15-13(17)19)11-8-6-5-7-9-11/h5-9,16H,3-4,10H2,1-2H3,(H,15,19)/t14-/m0/s1. The van der Waals surface area contributed by atoms with Crippen molar-refractivity contribution in [1.29, 1.82) is 0 Å². The summed E-state index contributed by atoms with van der Waals surface area (Å²) in [4.78, 5) is 26.6. The lowest BCUT2D eigenvalue weighted by molar-refractivity contribution is -0.132. The van der Waals surface area contributed by atoms with Gasteiger partial charge in [-0.3, -0.25) is 4.79 Å². The van der Waals surface area contributed by atoms with Gasteiger partial charge < -0.3 is 5.32 Å². The van der Waals surface area contributed by atoms with Gasteiger partial charge in [-0.05, 0) is 18.9 Å². The number of rotatable bonds is 6. The van der Waals surface area contributed by atoms with Crippen molar-refractivity contribution in [2.75, 3.05) is 5.75 Å². The molecule has 0 aliphatic carbocycles. The molecule has 0 saturated carbocycles. The van der Waals surface area contributed by atoms with Gasteiger partial charge >= 0.3 is 6.03 Å². The topological polar surface area (TPSA) is 95.6 Å². The highest BCUT2D eigenvalue weighted by Crippen LogP contribution is 2.27. The molecule has 0 unspecified atom stereocenters. The van der Waals surface area contributed by atoms with Crippen molar-refractivity contribution in [2.45, 2.75) is 32.2 Å². The number of benzene rings is 1. The van der Waals surface area contributed by atoms with E-state index in [-0.39, 0.29) is 5.75 Å². The third-order valence-electron chi connectivity index (χ3n) is 3.54. The average molecular weight is 325 g/mol. The predicted molar refractivity (Wildman–Crippen MR) is 81.0 cm³/mol. The van der Waals surface area contributed by atoms with Crippen LogP contribution in [0.15, 0.2) is 30.3 Å². The summed E-state index contributed by atoms with van der Waals surface area (Å²) in [5, 5.41) is 3.08. The number of carbonyl (C=O) groups is 2. The van der Waals surface area contributed by atoms with Gasteiger partial charge in [0.15, 0.2) is 0 Å². The molecule has 120 valence electrons. The highest BCUT2D eigenvalue weighted by atomic mass is 32.2. The van der Waals surface area contributed by atoms with Crippen molar-refractivity contribution in [1.82, 2.24) is 15.2 Å². The molecule has 1 aromatic rings. The van der Waals surface area contributed by atoms with E-state index in [1.807, 2.05) is 6.92 Å². The molecule has 22 heavy (non-hydrogen) atoms. The quantitative estimate of drug-likeness (QED) is 0.765. The summed E-state index contributed by atoms with van der Waals surface area (Å²) in [5.41, 5.74) is -0.699. The number of nitrogens with one attached hydrogen (secondary N) is 2. The van der Waals surface area contributed by atoms with Crippen molar-refractivity contribution in [3.8, 4) is 0 Å². The lowest BCUT2D eigenvalue weighted by Crippen LogP contribution is -2.48. The Labute approximate surface area is 129 Å². The zero-order chi connectivity index (χ0) is 16.4. The first kappa shape index (κ1) is 16.4. The number of hydrazine groups is 1. The Morgan fingerprint density at radius 3 is 2.45 bits per heavy atom. The van der Waals surface area contributed by atoms with Gasteiger partial charge in [0.05, 0.1) is 5.75 Å². The molecule has 3 amide bonds. The van der Waals surface area contributed by atoms with Gasteiger partial charge in [-0.25, -0.2) is 13.2 Å². The fourth-order valence-corrected chi connectivity index (χ4v) is 3.41. The normalized spacial score (nSPS) is 22.0. The van der Waals surface area contributed by atoms with E-state index in [9.17, 15) is 18.0 Å². The van der Waals surface area contributed by atoms with Gasteiger partial charge in [-0.2, -0.15) is 5.01 Å². The van der Waals surface area contributed by atoms with Gasteiger partial charge in [0.1, 0.15) is 5.54 Å². The summed E-state index contributed by atoms with van der Waals surface area (Å²) in [7, 11) is -3.73. The predicted octanol–water partition coefficient (Wildman–Crippen LogP) is 1.09. The molecule has 1 fully saturated rings. The minimum atomic E-state index is -3.73. The summed E-state index contributed by atoms with van der Waals surface area (Å²) in [5.74, 6) is -0.786. The average Bonchev–Trinajstić information content (AvgIpc) is 2.70. The second-order valence-corrected chi connectivity index (χ2v) is 7.15. The zero-order valence-corrected chi connectivity index (χ0v) is 13.3. The van der Waals surface area contributed by atoms with E-state index >= 15 is 0 Å². The summed E-state index contributed by atoms with van der Waals surface area (Å²) < 4.78 is 23.8. The van der Waals surface area contributed by atoms with Crippen molar-refractivity contribution in [2.24, 2.45) is 0 Å². The largest absolute Gasteiger partial charge is 0.341 e. The fourth-order valence-electron chi connectivity index (χ4n) is 2.21. The fraction of sp³-hybridized carbons (Fsp3) is 0.429. The Balaban J connectivity index is 2.23. The molecule has 1 saturated heterocycles. The van der Waals surface area contributed by atoms with Crippen molar-refractivity contribution < 1.29 is 18.0 Å². The number of amides is 3. The van der Waals surface area contributed by atoms with Gasteiger partial charge in [-0.1, -0.05) is 43.7 Å². The van der Waals surface area contributed by atoms with E-state index in [2.05, 4.69) is 10.1 Å². The minimum Gasteiger partial charge on any atom is -0.318 e. The van der Waals surface area contributed by atoms with E-state index in [0.29, 0.717) is 23.4 Å². The van der Waals surface area contributed by atoms with E-state index in [0.717, 1.165) is 0 Å². The lowest BCUT2D eigenvalue weighted by Gasteiger charge is -2.22. The minimum absolute atomic E-state index is 0.136. The smallest absolute Gasteiger partial charge is 0.318 e. The summed E-state index contributed by atoms with van der Waals surface area (Å²) in [6.07, 6.45) is 1.15. The molecular formula is C14H19N3O4S. The molecule has 0 spiro atoms. The third kappa shape index (κ3) is 3.12. The van der Waals surface area contributed by atoms with Crippen LogP contribution in [0.5, 0.6) is 0 Å². The van der Waals surface area contributed by atoms with Crippen LogP contribution < -0.4 is 10.1 Å². The molecule has 2 rings (SSSR count). The van der Waals surface area contributed by atoms with Crippen molar-refractivity contribution >= 4 is 22.0 Å². The molecule has 1 aliphatic heterocycles. The Hall–Kier alpha value is -1.93. The molecule has 1 heterocycles. The van der Waals surface area contributed by atoms with E-state index in [4.69, 9.17) is 0 Å².